The van der Waals surface area contributed by atoms with E-state index in [9.17, 15) is 145 Å². The van der Waals surface area contributed by atoms with Gasteiger partial charge >= 0.3 is 102 Å². The van der Waals surface area contributed by atoms with E-state index in [4.69, 9.17) is 14.2 Å². The van der Waals surface area contributed by atoms with Crippen molar-refractivity contribution in [2.24, 2.45) is 0 Å². The van der Waals surface area contributed by atoms with Crippen molar-refractivity contribution in [3.8, 4) is 17.2 Å². The van der Waals surface area contributed by atoms with E-state index in [1.54, 1.807) is 0 Å². The Hall–Kier alpha value is -4.15. The average Bonchev–Trinajstić information content (AvgIpc) is 3.22. The third-order valence-corrected chi connectivity index (χ3v) is 9.48. The van der Waals surface area contributed by atoms with Gasteiger partial charge in [0.05, 0.1) is 32.5 Å². The standard InChI is InChI=1S/C34H28F32O5/c1-3-69-18(67)14-12-15(70-10-6-4-8-21(39,40)25(47,48)29(55,56)33(63,64)31(59,60)27(51,52)23(43,44)19(35)36)17(68-2)16(13-14)71-11-7-5-9-22(41,42)26(49,50)30(57,58)34(65,66)32(61,62)28(53,54)24(45,46)20(37)38/h12-13,19-20H,3-11H2,1-2H3. The van der Waals surface area contributed by atoms with Gasteiger partial charge in [-0.2, -0.15) is 123 Å². The molecule has 0 aliphatic heterocycles. The number of esters is 1. The molecule has 71 heavy (non-hydrogen) atoms. The fraction of sp³-hybridized carbons (Fsp3) is 0.794. The molecular weight excluding hydrogens is 1100 g/mol. The number of methoxy groups -OCH3 is 1. The van der Waals surface area contributed by atoms with E-state index in [0.717, 1.165) is 0 Å². The van der Waals surface area contributed by atoms with Crippen molar-refractivity contribution in [1.29, 1.82) is 0 Å². The quantitative estimate of drug-likeness (QED) is 0.0455. The zero-order valence-corrected chi connectivity index (χ0v) is 34.3. The average molecular weight is 1120 g/mol. The maximum absolute atomic E-state index is 14.3. The summed E-state index contributed by atoms with van der Waals surface area (Å²) >= 11 is 0. The molecule has 418 valence electrons. The van der Waals surface area contributed by atoms with Crippen LogP contribution in [0.3, 0.4) is 0 Å². The van der Waals surface area contributed by atoms with Crippen LogP contribution in [0.5, 0.6) is 17.2 Å². The Balaban J connectivity index is 3.31. The summed E-state index contributed by atoms with van der Waals surface area (Å²) in [5, 5.41) is 0. The first-order chi connectivity index (χ1) is 31.4. The zero-order chi connectivity index (χ0) is 56.6. The van der Waals surface area contributed by atoms with Gasteiger partial charge in [0.15, 0.2) is 11.5 Å². The lowest BCUT2D eigenvalue weighted by atomic mass is 9.88. The molecule has 1 aromatic rings. The molecule has 0 saturated carbocycles. The van der Waals surface area contributed by atoms with Gasteiger partial charge in [0.2, 0.25) is 5.75 Å². The number of carbonyl (C=O) groups excluding carboxylic acids is 1. The second-order valence-electron chi connectivity index (χ2n) is 14.3. The largest absolute Gasteiger partial charge is 0.490 e. The molecule has 0 aromatic heterocycles. The molecule has 0 atom stereocenters. The number of benzene rings is 1. The van der Waals surface area contributed by atoms with E-state index >= 15 is 0 Å². The van der Waals surface area contributed by atoms with Crippen molar-refractivity contribution in [3.63, 3.8) is 0 Å². The maximum atomic E-state index is 14.3. The van der Waals surface area contributed by atoms with Gasteiger partial charge in [-0.25, -0.2) is 22.4 Å². The molecule has 5 nitrogen and oxygen atoms in total. The SMILES string of the molecule is CCOC(=O)c1cc(OCCCCC(F)(F)C(F)(F)C(F)(F)C(F)(F)C(F)(F)C(F)(F)C(F)(F)C(F)F)c(OC)c(OCCCCC(F)(F)C(F)(F)C(F)(F)C(F)(F)C(F)(F)C(F)(F)C(F)(F)C(F)F)c1. The van der Waals surface area contributed by atoms with Gasteiger partial charge in [0, 0.05) is 12.8 Å². The van der Waals surface area contributed by atoms with Crippen molar-refractivity contribution in [3.05, 3.63) is 17.7 Å². The predicted molar refractivity (Wildman–Crippen MR) is 169 cm³/mol. The molecule has 0 bridgehead atoms. The first-order valence-corrected chi connectivity index (χ1v) is 18.4. The van der Waals surface area contributed by atoms with Gasteiger partial charge in [-0.15, -0.1) is 0 Å². The minimum Gasteiger partial charge on any atom is -0.490 e. The van der Waals surface area contributed by atoms with Gasteiger partial charge < -0.3 is 18.9 Å². The van der Waals surface area contributed by atoms with Crippen LogP contribution in [0.15, 0.2) is 12.1 Å². The fourth-order valence-corrected chi connectivity index (χ4v) is 5.24. The number of rotatable bonds is 29. The van der Waals surface area contributed by atoms with Gasteiger partial charge in [-0.1, -0.05) is 0 Å². The second kappa shape index (κ2) is 20.6. The van der Waals surface area contributed by atoms with Crippen LogP contribution in [0, 0.1) is 0 Å². The van der Waals surface area contributed by atoms with Crippen LogP contribution in [0.1, 0.15) is 55.8 Å². The lowest BCUT2D eigenvalue weighted by Gasteiger charge is -2.42. The predicted octanol–water partition coefficient (Wildman–Crippen LogP) is 14.4. The monoisotopic (exact) mass is 1120 g/mol. The Morgan fingerprint density at radius 3 is 0.958 bits per heavy atom. The molecule has 1 aromatic carbocycles. The van der Waals surface area contributed by atoms with Crippen LogP contribution in [0.25, 0.3) is 0 Å². The molecule has 0 amide bonds. The first kappa shape index (κ1) is 64.9. The Labute approximate surface area is 374 Å². The summed E-state index contributed by atoms with van der Waals surface area (Å²) in [6, 6.07) is 1.16. The molecule has 0 fully saturated rings. The number of ether oxygens (including phenoxy) is 4. The fourth-order valence-electron chi connectivity index (χ4n) is 5.24. The summed E-state index contributed by atoms with van der Waals surface area (Å²) < 4.78 is 455. The highest BCUT2D eigenvalue weighted by molar-refractivity contribution is 5.91. The molecule has 0 N–H and O–H groups in total. The minimum absolute atomic E-state index is 0.463. The zero-order valence-electron chi connectivity index (χ0n) is 34.3. The smallest absolute Gasteiger partial charge is 0.384 e. The van der Waals surface area contributed by atoms with Crippen LogP contribution in [-0.4, -0.2) is 129 Å². The van der Waals surface area contributed by atoms with Crippen LogP contribution in [0.4, 0.5) is 140 Å². The van der Waals surface area contributed by atoms with Gasteiger partial charge in [0.25, 0.3) is 0 Å². The van der Waals surface area contributed by atoms with Crippen LogP contribution >= 0.6 is 0 Å². The Kier molecular flexibility index (Phi) is 18.9. The van der Waals surface area contributed by atoms with E-state index in [-0.39, 0.29) is 0 Å². The highest BCUT2D eigenvalue weighted by atomic mass is 19.4. The molecular formula is C34H28F32O5. The highest BCUT2D eigenvalue weighted by Gasteiger charge is 2.95. The topological polar surface area (TPSA) is 54.0 Å². The van der Waals surface area contributed by atoms with Gasteiger partial charge in [0.1, 0.15) is 0 Å². The molecule has 0 unspecified atom stereocenters. The second-order valence-corrected chi connectivity index (χ2v) is 14.3. The molecule has 0 spiro atoms. The van der Waals surface area contributed by atoms with E-state index in [2.05, 4.69) is 4.74 Å². The summed E-state index contributed by atoms with van der Waals surface area (Å²) in [7, 11) is 0.665. The van der Waals surface area contributed by atoms with E-state index < -0.39 is 183 Å². The molecule has 0 aliphatic carbocycles. The lowest BCUT2D eigenvalue weighted by molar-refractivity contribution is -0.447. The maximum Gasteiger partial charge on any atom is 0.384 e. The van der Waals surface area contributed by atoms with E-state index in [1.165, 1.54) is 6.92 Å². The third kappa shape index (κ3) is 10.6. The van der Waals surface area contributed by atoms with Crippen LogP contribution < -0.4 is 14.2 Å². The number of hydrogen-bond donors (Lipinski definition) is 0. The summed E-state index contributed by atoms with van der Waals surface area (Å²) in [4.78, 5) is 12.4. The molecule has 1 rings (SSSR count). The molecule has 0 radical (unpaired) electrons. The van der Waals surface area contributed by atoms with Crippen molar-refractivity contribution < 1.29 is 164 Å². The first-order valence-electron chi connectivity index (χ1n) is 18.4. The Morgan fingerprint density at radius 2 is 0.704 bits per heavy atom. The summed E-state index contributed by atoms with van der Waals surface area (Å²) in [6.45, 7) is -1.72. The lowest BCUT2D eigenvalue weighted by Crippen LogP contribution is -2.73. The number of unbranched alkanes of at least 4 members (excludes halogenated alkanes) is 2. The molecule has 0 aliphatic rings. The molecule has 0 saturated heterocycles. The van der Waals surface area contributed by atoms with Crippen molar-refractivity contribution >= 4 is 5.97 Å². The Bertz CT molecular complexity index is 1830. The highest BCUT2D eigenvalue weighted by Crippen LogP contribution is 2.65. The molecule has 37 heteroatoms. The third-order valence-electron chi connectivity index (χ3n) is 9.48. The van der Waals surface area contributed by atoms with Crippen molar-refractivity contribution in [2.75, 3.05) is 26.9 Å². The van der Waals surface area contributed by atoms with E-state index in [1.807, 2.05) is 0 Å². The Morgan fingerprint density at radius 1 is 0.437 bits per heavy atom. The molecule has 0 heterocycles. The van der Waals surface area contributed by atoms with E-state index in [0.29, 0.717) is 19.2 Å². The van der Waals surface area contributed by atoms with Crippen LogP contribution in [0.2, 0.25) is 0 Å². The number of alkyl halides is 32. The number of carbonyl (C=O) groups is 1. The van der Waals surface area contributed by atoms with Crippen molar-refractivity contribution in [1.82, 2.24) is 0 Å². The van der Waals surface area contributed by atoms with Gasteiger partial charge in [-0.3, -0.25) is 0 Å². The minimum atomic E-state index is -8.65. The number of hydrogen-bond acceptors (Lipinski definition) is 5. The number of halogens is 32. The van der Waals surface area contributed by atoms with Crippen LogP contribution in [-0.2, 0) is 4.74 Å². The van der Waals surface area contributed by atoms with Gasteiger partial charge in [-0.05, 0) is 44.7 Å². The summed E-state index contributed by atoms with van der Waals surface area (Å²) in [5.74, 6) is -117. The normalized spacial score (nSPS) is 15.2. The summed E-state index contributed by atoms with van der Waals surface area (Å²) in [5.41, 5.74) is -0.747. The van der Waals surface area contributed by atoms with Crippen molar-refractivity contribution in [2.45, 2.75) is 141 Å². The summed E-state index contributed by atoms with van der Waals surface area (Å²) in [6.07, 6.45) is -23.5.